The SMILES string of the molecule is CCOC(=O)c1ccc(OCCC2CCc3c(c(OC)c(OC)c(OC)c3OC)CC2)cc1. The molecule has 0 saturated carbocycles. The van der Waals surface area contributed by atoms with Crippen LogP contribution in [0.15, 0.2) is 24.3 Å². The lowest BCUT2D eigenvalue weighted by Gasteiger charge is -2.21. The van der Waals surface area contributed by atoms with Crippen LogP contribution in [0.2, 0.25) is 0 Å². The summed E-state index contributed by atoms with van der Waals surface area (Å²) in [7, 11) is 6.55. The van der Waals surface area contributed by atoms with Gasteiger partial charge in [0.15, 0.2) is 11.5 Å². The van der Waals surface area contributed by atoms with Crippen molar-refractivity contribution in [3.05, 3.63) is 41.0 Å². The number of carbonyl (C=O) groups is 1. The van der Waals surface area contributed by atoms with E-state index in [1.807, 2.05) is 12.1 Å². The molecule has 180 valence electrons. The number of ether oxygens (including phenoxy) is 6. The van der Waals surface area contributed by atoms with E-state index in [1.165, 1.54) is 0 Å². The number of methoxy groups -OCH3 is 4. The van der Waals surface area contributed by atoms with Gasteiger partial charge in [-0.25, -0.2) is 4.79 Å². The summed E-state index contributed by atoms with van der Waals surface area (Å²) >= 11 is 0. The molecule has 0 aromatic heterocycles. The van der Waals surface area contributed by atoms with Crippen molar-refractivity contribution in [2.75, 3.05) is 41.7 Å². The zero-order valence-electron chi connectivity index (χ0n) is 20.2. The average molecular weight is 459 g/mol. The molecule has 0 spiro atoms. The van der Waals surface area contributed by atoms with Crippen molar-refractivity contribution in [1.29, 1.82) is 0 Å². The van der Waals surface area contributed by atoms with Crippen LogP contribution in [-0.4, -0.2) is 47.6 Å². The van der Waals surface area contributed by atoms with Crippen LogP contribution in [0.25, 0.3) is 0 Å². The molecule has 0 heterocycles. The molecule has 7 nitrogen and oxygen atoms in total. The summed E-state index contributed by atoms with van der Waals surface area (Å²) in [6.07, 6.45) is 4.72. The van der Waals surface area contributed by atoms with Crippen molar-refractivity contribution >= 4 is 5.97 Å². The Morgan fingerprint density at radius 1 is 0.818 bits per heavy atom. The van der Waals surface area contributed by atoms with Crippen LogP contribution >= 0.6 is 0 Å². The lowest BCUT2D eigenvalue weighted by molar-refractivity contribution is 0.0526. The van der Waals surface area contributed by atoms with Crippen LogP contribution < -0.4 is 23.7 Å². The van der Waals surface area contributed by atoms with E-state index in [0.29, 0.717) is 36.2 Å². The van der Waals surface area contributed by atoms with Gasteiger partial charge in [-0.1, -0.05) is 0 Å². The maximum absolute atomic E-state index is 11.8. The standard InChI is InChI=1S/C26H34O7/c1-6-32-26(27)18-9-11-19(12-10-18)33-16-15-17-7-13-20-21(14-8-17)23(29-3)25(31-5)24(30-4)22(20)28-2/h9-12,17H,6-8,13-16H2,1-5H3. The molecule has 1 aliphatic carbocycles. The number of benzene rings is 2. The Labute approximate surface area is 195 Å². The third-order valence-electron chi connectivity index (χ3n) is 6.11. The first kappa shape index (κ1) is 24.6. The van der Waals surface area contributed by atoms with E-state index in [1.54, 1.807) is 47.5 Å². The number of hydrogen-bond donors (Lipinski definition) is 0. The van der Waals surface area contributed by atoms with Crippen molar-refractivity contribution in [2.45, 2.75) is 39.0 Å². The zero-order valence-corrected chi connectivity index (χ0v) is 20.2. The molecule has 2 aromatic rings. The Balaban J connectivity index is 1.65. The maximum Gasteiger partial charge on any atom is 0.338 e. The third-order valence-corrected chi connectivity index (χ3v) is 6.11. The zero-order chi connectivity index (χ0) is 23.8. The Hall–Kier alpha value is -3.09. The average Bonchev–Trinajstić information content (AvgIpc) is 3.05. The first-order valence-electron chi connectivity index (χ1n) is 11.3. The summed E-state index contributed by atoms with van der Waals surface area (Å²) < 4.78 is 33.6. The highest BCUT2D eigenvalue weighted by Crippen LogP contribution is 2.51. The molecular formula is C26H34O7. The molecule has 0 radical (unpaired) electrons. The summed E-state index contributed by atoms with van der Waals surface area (Å²) in [6, 6.07) is 7.08. The predicted octanol–water partition coefficient (Wildman–Crippen LogP) is 4.86. The van der Waals surface area contributed by atoms with Gasteiger partial charge in [0, 0.05) is 11.1 Å². The van der Waals surface area contributed by atoms with Crippen LogP contribution in [0, 0.1) is 5.92 Å². The minimum absolute atomic E-state index is 0.318. The minimum Gasteiger partial charge on any atom is -0.494 e. The highest BCUT2D eigenvalue weighted by atomic mass is 16.5. The summed E-state index contributed by atoms with van der Waals surface area (Å²) in [4.78, 5) is 11.8. The van der Waals surface area contributed by atoms with Crippen LogP contribution in [0.5, 0.6) is 28.7 Å². The minimum atomic E-state index is -0.318. The van der Waals surface area contributed by atoms with Crippen molar-refractivity contribution in [3.8, 4) is 28.7 Å². The predicted molar refractivity (Wildman–Crippen MR) is 125 cm³/mol. The molecule has 2 aromatic carbocycles. The lowest BCUT2D eigenvalue weighted by Crippen LogP contribution is -2.08. The highest BCUT2D eigenvalue weighted by Gasteiger charge is 2.29. The molecule has 0 bridgehead atoms. The summed E-state index contributed by atoms with van der Waals surface area (Å²) in [5.74, 6) is 3.53. The largest absolute Gasteiger partial charge is 0.494 e. The molecule has 0 amide bonds. The van der Waals surface area contributed by atoms with E-state index in [9.17, 15) is 4.79 Å². The number of rotatable bonds is 10. The second-order valence-electron chi connectivity index (χ2n) is 7.92. The van der Waals surface area contributed by atoms with Gasteiger partial charge < -0.3 is 28.4 Å². The molecule has 7 heteroatoms. The molecule has 0 N–H and O–H groups in total. The fraction of sp³-hybridized carbons (Fsp3) is 0.500. The first-order valence-corrected chi connectivity index (χ1v) is 11.3. The van der Waals surface area contributed by atoms with Crippen molar-refractivity contribution < 1.29 is 33.2 Å². The van der Waals surface area contributed by atoms with Gasteiger partial charge >= 0.3 is 5.97 Å². The van der Waals surface area contributed by atoms with Gasteiger partial charge in [-0.2, -0.15) is 0 Å². The Morgan fingerprint density at radius 2 is 1.33 bits per heavy atom. The lowest BCUT2D eigenvalue weighted by atomic mass is 9.96. The smallest absolute Gasteiger partial charge is 0.338 e. The molecule has 0 fully saturated rings. The number of hydrogen-bond acceptors (Lipinski definition) is 7. The van der Waals surface area contributed by atoms with Crippen molar-refractivity contribution in [3.63, 3.8) is 0 Å². The van der Waals surface area contributed by atoms with E-state index in [0.717, 1.165) is 60.5 Å². The Kier molecular flexibility index (Phi) is 8.69. The maximum atomic E-state index is 11.8. The van der Waals surface area contributed by atoms with E-state index >= 15 is 0 Å². The van der Waals surface area contributed by atoms with E-state index in [-0.39, 0.29) is 5.97 Å². The van der Waals surface area contributed by atoms with Gasteiger partial charge in [0.2, 0.25) is 11.5 Å². The van der Waals surface area contributed by atoms with Crippen molar-refractivity contribution in [1.82, 2.24) is 0 Å². The fourth-order valence-electron chi connectivity index (χ4n) is 4.46. The fourth-order valence-corrected chi connectivity index (χ4v) is 4.46. The second kappa shape index (κ2) is 11.7. The molecule has 0 unspecified atom stereocenters. The highest BCUT2D eigenvalue weighted by molar-refractivity contribution is 5.89. The molecule has 0 atom stereocenters. The molecule has 33 heavy (non-hydrogen) atoms. The molecule has 3 rings (SSSR count). The van der Waals surface area contributed by atoms with Gasteiger partial charge in [0.25, 0.3) is 0 Å². The summed E-state index contributed by atoms with van der Waals surface area (Å²) in [5, 5.41) is 0. The van der Waals surface area contributed by atoms with E-state index in [4.69, 9.17) is 28.4 Å². The second-order valence-corrected chi connectivity index (χ2v) is 7.92. The van der Waals surface area contributed by atoms with Crippen molar-refractivity contribution in [2.24, 2.45) is 5.92 Å². The van der Waals surface area contributed by atoms with Gasteiger partial charge in [0.05, 0.1) is 47.2 Å². The van der Waals surface area contributed by atoms with Gasteiger partial charge in [-0.15, -0.1) is 0 Å². The number of carbonyl (C=O) groups excluding carboxylic acids is 1. The van der Waals surface area contributed by atoms with Gasteiger partial charge in [-0.05, 0) is 69.2 Å². The Bertz CT molecular complexity index is 894. The van der Waals surface area contributed by atoms with E-state index < -0.39 is 0 Å². The molecule has 0 saturated heterocycles. The van der Waals surface area contributed by atoms with Gasteiger partial charge in [-0.3, -0.25) is 0 Å². The quantitative estimate of drug-likeness (QED) is 0.372. The normalized spacial score (nSPS) is 13.5. The van der Waals surface area contributed by atoms with E-state index in [2.05, 4.69) is 0 Å². The third kappa shape index (κ3) is 5.46. The molecule has 0 aliphatic heterocycles. The summed E-state index contributed by atoms with van der Waals surface area (Å²) in [6.45, 7) is 2.76. The van der Waals surface area contributed by atoms with Gasteiger partial charge in [0.1, 0.15) is 5.75 Å². The van der Waals surface area contributed by atoms with Crippen LogP contribution in [0.4, 0.5) is 0 Å². The molecular weight excluding hydrogens is 424 g/mol. The first-order chi connectivity index (χ1) is 16.1. The summed E-state index contributed by atoms with van der Waals surface area (Å²) in [5.41, 5.74) is 2.79. The number of esters is 1. The van der Waals surface area contributed by atoms with Crippen LogP contribution in [0.3, 0.4) is 0 Å². The molecule has 1 aliphatic rings. The monoisotopic (exact) mass is 458 g/mol. The number of fused-ring (bicyclic) bond motifs is 1. The Morgan fingerprint density at radius 3 is 1.79 bits per heavy atom. The topological polar surface area (TPSA) is 72.5 Å². The van der Waals surface area contributed by atoms with Crippen LogP contribution in [-0.2, 0) is 17.6 Å². The van der Waals surface area contributed by atoms with Crippen LogP contribution in [0.1, 0.15) is 47.7 Å².